The van der Waals surface area contributed by atoms with Crippen LogP contribution >= 0.6 is 23.2 Å². The molecule has 1 rings (SSSR count). The first-order chi connectivity index (χ1) is 8.58. The van der Waals surface area contributed by atoms with E-state index in [4.69, 9.17) is 27.9 Å². The minimum atomic E-state index is 0.0673. The fourth-order valence-electron chi connectivity index (χ4n) is 1.62. The molecular formula is C13H17Cl2NO2. The Morgan fingerprint density at radius 1 is 1.44 bits per heavy atom. The molecule has 1 amide bonds. The molecule has 1 aromatic rings. The van der Waals surface area contributed by atoms with Crippen molar-refractivity contribution in [1.82, 2.24) is 4.90 Å². The largest absolute Gasteiger partial charge is 0.496 e. The van der Waals surface area contributed by atoms with Crippen molar-refractivity contribution >= 4 is 29.1 Å². The van der Waals surface area contributed by atoms with Crippen LogP contribution in [0.4, 0.5) is 0 Å². The maximum absolute atomic E-state index is 11.8. The highest BCUT2D eigenvalue weighted by Crippen LogP contribution is 2.23. The van der Waals surface area contributed by atoms with Gasteiger partial charge in [-0.1, -0.05) is 11.6 Å². The molecule has 0 aliphatic heterocycles. The van der Waals surface area contributed by atoms with Crippen LogP contribution in [-0.4, -0.2) is 30.8 Å². The number of hydrogen-bond donors (Lipinski definition) is 0. The van der Waals surface area contributed by atoms with E-state index in [1.165, 1.54) is 0 Å². The van der Waals surface area contributed by atoms with Gasteiger partial charge in [-0.3, -0.25) is 4.79 Å². The van der Waals surface area contributed by atoms with E-state index in [1.54, 1.807) is 31.2 Å². The summed E-state index contributed by atoms with van der Waals surface area (Å²) in [7, 11) is 3.36. The summed E-state index contributed by atoms with van der Waals surface area (Å²) in [5.41, 5.74) is 0.895. The van der Waals surface area contributed by atoms with Crippen LogP contribution in [0.5, 0.6) is 5.75 Å². The van der Waals surface area contributed by atoms with Gasteiger partial charge in [0.1, 0.15) is 5.75 Å². The SMILES string of the molecule is COc1ccc(Cl)cc1CN(C)C(=O)CCCCl. The molecule has 0 aromatic heterocycles. The van der Waals surface area contributed by atoms with Gasteiger partial charge < -0.3 is 9.64 Å². The van der Waals surface area contributed by atoms with Gasteiger partial charge in [-0.05, 0) is 24.6 Å². The molecule has 0 unspecified atom stereocenters. The van der Waals surface area contributed by atoms with Gasteiger partial charge in [0.05, 0.1) is 7.11 Å². The standard InChI is InChI=1S/C13H17Cl2NO2/c1-16(13(17)4-3-7-14)9-10-8-11(15)5-6-12(10)18-2/h5-6,8H,3-4,7,9H2,1-2H3. The van der Waals surface area contributed by atoms with E-state index in [0.29, 0.717) is 30.3 Å². The van der Waals surface area contributed by atoms with E-state index >= 15 is 0 Å². The number of hydrogen-bond acceptors (Lipinski definition) is 2. The molecule has 0 saturated heterocycles. The fourth-order valence-corrected chi connectivity index (χ4v) is 1.95. The van der Waals surface area contributed by atoms with Crippen LogP contribution in [0.2, 0.25) is 5.02 Å². The second kappa shape index (κ2) is 7.49. The molecule has 0 aliphatic rings. The lowest BCUT2D eigenvalue weighted by Crippen LogP contribution is -2.26. The molecule has 0 bridgehead atoms. The minimum Gasteiger partial charge on any atom is -0.496 e. The van der Waals surface area contributed by atoms with Gasteiger partial charge in [-0.2, -0.15) is 0 Å². The van der Waals surface area contributed by atoms with Gasteiger partial charge in [-0.25, -0.2) is 0 Å². The highest BCUT2D eigenvalue weighted by Gasteiger charge is 2.12. The lowest BCUT2D eigenvalue weighted by Gasteiger charge is -2.19. The summed E-state index contributed by atoms with van der Waals surface area (Å²) >= 11 is 11.5. The normalized spacial score (nSPS) is 10.2. The van der Waals surface area contributed by atoms with Gasteiger partial charge in [-0.15, -0.1) is 11.6 Å². The van der Waals surface area contributed by atoms with Crippen molar-refractivity contribution in [1.29, 1.82) is 0 Å². The van der Waals surface area contributed by atoms with E-state index in [1.807, 2.05) is 6.07 Å². The predicted molar refractivity (Wildman–Crippen MR) is 74.4 cm³/mol. The maximum Gasteiger partial charge on any atom is 0.222 e. The molecule has 0 radical (unpaired) electrons. The Bertz CT molecular complexity index is 410. The van der Waals surface area contributed by atoms with Crippen molar-refractivity contribution in [3.63, 3.8) is 0 Å². The Morgan fingerprint density at radius 2 is 2.17 bits per heavy atom. The van der Waals surface area contributed by atoms with E-state index in [0.717, 1.165) is 11.3 Å². The molecule has 0 spiro atoms. The van der Waals surface area contributed by atoms with Crippen molar-refractivity contribution in [2.24, 2.45) is 0 Å². The molecule has 0 aliphatic carbocycles. The Kier molecular flexibility index (Phi) is 6.30. The Balaban J connectivity index is 2.71. The lowest BCUT2D eigenvalue weighted by atomic mass is 10.2. The highest BCUT2D eigenvalue weighted by atomic mass is 35.5. The van der Waals surface area contributed by atoms with Crippen molar-refractivity contribution in [2.45, 2.75) is 19.4 Å². The van der Waals surface area contributed by atoms with E-state index in [-0.39, 0.29) is 5.91 Å². The Labute approximate surface area is 118 Å². The first-order valence-electron chi connectivity index (χ1n) is 5.70. The van der Waals surface area contributed by atoms with Gasteiger partial charge in [0.15, 0.2) is 0 Å². The molecular weight excluding hydrogens is 273 g/mol. The van der Waals surface area contributed by atoms with Gasteiger partial charge in [0, 0.05) is 36.5 Å². The van der Waals surface area contributed by atoms with Crippen molar-refractivity contribution < 1.29 is 9.53 Å². The fraction of sp³-hybridized carbons (Fsp3) is 0.462. The number of carbonyl (C=O) groups is 1. The molecule has 0 fully saturated rings. The number of halogens is 2. The Hall–Kier alpha value is -0.930. The number of carbonyl (C=O) groups excluding carboxylic acids is 1. The summed E-state index contributed by atoms with van der Waals surface area (Å²) in [5.74, 6) is 1.30. The van der Waals surface area contributed by atoms with Gasteiger partial charge >= 0.3 is 0 Å². The van der Waals surface area contributed by atoms with Crippen LogP contribution in [0.25, 0.3) is 0 Å². The molecule has 3 nitrogen and oxygen atoms in total. The number of nitrogens with zero attached hydrogens (tertiary/aromatic N) is 1. The number of benzene rings is 1. The summed E-state index contributed by atoms with van der Waals surface area (Å²) in [6.45, 7) is 0.477. The van der Waals surface area contributed by atoms with Crippen molar-refractivity contribution in [3.8, 4) is 5.75 Å². The van der Waals surface area contributed by atoms with Crippen molar-refractivity contribution in [3.05, 3.63) is 28.8 Å². The summed E-state index contributed by atoms with van der Waals surface area (Å²) in [6, 6.07) is 5.37. The van der Waals surface area contributed by atoms with Crippen LogP contribution in [0.3, 0.4) is 0 Å². The van der Waals surface area contributed by atoms with Crippen LogP contribution < -0.4 is 4.74 Å². The molecule has 100 valence electrons. The zero-order valence-corrected chi connectivity index (χ0v) is 12.1. The monoisotopic (exact) mass is 289 g/mol. The molecule has 0 saturated carbocycles. The minimum absolute atomic E-state index is 0.0673. The van der Waals surface area contributed by atoms with E-state index in [9.17, 15) is 4.79 Å². The average molecular weight is 290 g/mol. The molecule has 5 heteroatoms. The van der Waals surface area contributed by atoms with Crippen molar-refractivity contribution in [2.75, 3.05) is 20.0 Å². The summed E-state index contributed by atoms with van der Waals surface area (Å²) in [6.07, 6.45) is 1.15. The van der Waals surface area contributed by atoms with E-state index in [2.05, 4.69) is 0 Å². The van der Waals surface area contributed by atoms with Gasteiger partial charge in [0.2, 0.25) is 5.91 Å². The maximum atomic E-state index is 11.8. The molecule has 0 heterocycles. The molecule has 18 heavy (non-hydrogen) atoms. The van der Waals surface area contributed by atoms with Crippen LogP contribution in [0, 0.1) is 0 Å². The van der Waals surface area contributed by atoms with Crippen LogP contribution in [0.15, 0.2) is 18.2 Å². The number of amides is 1. The third-order valence-electron chi connectivity index (χ3n) is 2.60. The smallest absolute Gasteiger partial charge is 0.222 e. The second-order valence-corrected chi connectivity index (χ2v) is 4.81. The van der Waals surface area contributed by atoms with Gasteiger partial charge in [0.25, 0.3) is 0 Å². The summed E-state index contributed by atoms with van der Waals surface area (Å²) in [4.78, 5) is 13.4. The third-order valence-corrected chi connectivity index (χ3v) is 3.10. The van der Waals surface area contributed by atoms with Crippen LogP contribution in [-0.2, 0) is 11.3 Å². The Morgan fingerprint density at radius 3 is 2.78 bits per heavy atom. The molecule has 0 N–H and O–H groups in total. The lowest BCUT2D eigenvalue weighted by molar-refractivity contribution is -0.130. The quantitative estimate of drug-likeness (QED) is 0.752. The third kappa shape index (κ3) is 4.39. The summed E-state index contributed by atoms with van der Waals surface area (Å²) < 4.78 is 5.24. The first-order valence-corrected chi connectivity index (χ1v) is 6.62. The number of methoxy groups -OCH3 is 1. The number of alkyl halides is 1. The first kappa shape index (κ1) is 15.1. The highest BCUT2D eigenvalue weighted by molar-refractivity contribution is 6.30. The summed E-state index contributed by atoms with van der Waals surface area (Å²) in [5, 5.41) is 0.632. The zero-order chi connectivity index (χ0) is 13.5. The number of ether oxygens (including phenoxy) is 1. The molecule has 1 aromatic carbocycles. The number of rotatable bonds is 6. The van der Waals surface area contributed by atoms with Crippen LogP contribution in [0.1, 0.15) is 18.4 Å². The average Bonchev–Trinajstić information content (AvgIpc) is 2.36. The molecule has 0 atom stereocenters. The van der Waals surface area contributed by atoms with E-state index < -0.39 is 0 Å². The topological polar surface area (TPSA) is 29.5 Å². The zero-order valence-electron chi connectivity index (χ0n) is 10.6. The second-order valence-electron chi connectivity index (χ2n) is 4.00. The predicted octanol–water partition coefficient (Wildman–Crippen LogP) is 3.33.